The van der Waals surface area contributed by atoms with Crippen molar-refractivity contribution in [2.45, 2.75) is 0 Å². The van der Waals surface area contributed by atoms with Crippen LogP contribution in [0.5, 0.6) is 0 Å². The number of benzene rings is 4. The quantitative estimate of drug-likeness (QED) is 0.0972. The molecule has 0 radical (unpaired) electrons. The highest BCUT2D eigenvalue weighted by molar-refractivity contribution is 6.30. The summed E-state index contributed by atoms with van der Waals surface area (Å²) >= 11 is 5.95. The molecule has 0 atom stereocenters. The fourth-order valence-electron chi connectivity index (χ4n) is 4.38. The average Bonchev–Trinajstić information content (AvgIpc) is 3.37. The molecule has 1 amide bonds. The second-order valence-electron chi connectivity index (χ2n) is 8.81. The number of carbonyl (C=O) groups excluding carboxylic acids is 1. The topological polar surface area (TPSA) is 101 Å². The Labute approximate surface area is 235 Å². The minimum absolute atomic E-state index is 0.0239. The van der Waals surface area contributed by atoms with E-state index in [0.29, 0.717) is 22.0 Å². The lowest BCUT2D eigenvalue weighted by Crippen LogP contribution is -2.13. The van der Waals surface area contributed by atoms with Crippen molar-refractivity contribution in [2.24, 2.45) is 0 Å². The molecular weight excluding hydrogens is 524 g/mol. The van der Waals surface area contributed by atoms with Crippen LogP contribution in [0.15, 0.2) is 121 Å². The van der Waals surface area contributed by atoms with Crippen LogP contribution >= 0.6 is 11.6 Å². The number of hydrogen-bond acceptors (Lipinski definition) is 4. The Morgan fingerprint density at radius 2 is 1.48 bits per heavy atom. The molecule has 0 saturated carbocycles. The number of non-ortho nitro benzene ring substituents is 1. The van der Waals surface area contributed by atoms with Gasteiger partial charge in [-0.25, -0.2) is 0 Å². The van der Waals surface area contributed by atoms with Crippen molar-refractivity contribution in [3.8, 4) is 34.3 Å². The van der Waals surface area contributed by atoms with Crippen molar-refractivity contribution in [2.75, 3.05) is 5.32 Å². The Morgan fingerprint density at radius 1 is 0.875 bits per heavy atom. The summed E-state index contributed by atoms with van der Waals surface area (Å²) in [6, 6.07) is 36.0. The lowest BCUT2D eigenvalue weighted by molar-refractivity contribution is -0.384. The Balaban J connectivity index is 1.71. The largest absolute Gasteiger partial charge is 0.321 e. The lowest BCUT2D eigenvalue weighted by Gasteiger charge is -2.15. The number of nitrogens with one attached hydrogen (secondary N) is 1. The van der Waals surface area contributed by atoms with E-state index in [1.165, 1.54) is 12.1 Å². The smallest absolute Gasteiger partial charge is 0.269 e. The normalized spacial score (nSPS) is 11.1. The third-order valence-electron chi connectivity index (χ3n) is 6.23. The molecule has 0 fully saturated rings. The van der Waals surface area contributed by atoms with Crippen LogP contribution in [-0.4, -0.2) is 15.4 Å². The first kappa shape index (κ1) is 26.2. The SMILES string of the molecule is N#C/C(=C\c1cc(-c2ccccc2)n(-c2ccc([N+](=O)[O-])cc2)c1-c1ccccc1)C(=O)Nc1ccc(Cl)cc1. The Kier molecular flexibility index (Phi) is 7.54. The summed E-state index contributed by atoms with van der Waals surface area (Å²) < 4.78 is 1.98. The minimum atomic E-state index is -0.562. The average molecular weight is 545 g/mol. The molecule has 5 aromatic rings. The van der Waals surface area contributed by atoms with Gasteiger partial charge in [-0.3, -0.25) is 14.9 Å². The monoisotopic (exact) mass is 544 g/mol. The van der Waals surface area contributed by atoms with E-state index in [2.05, 4.69) is 5.32 Å². The van der Waals surface area contributed by atoms with Gasteiger partial charge >= 0.3 is 0 Å². The molecule has 1 N–H and O–H groups in total. The maximum atomic E-state index is 13.1. The molecular formula is C32H21ClN4O3. The Morgan fingerprint density at radius 3 is 2.05 bits per heavy atom. The maximum Gasteiger partial charge on any atom is 0.269 e. The van der Waals surface area contributed by atoms with Crippen LogP contribution < -0.4 is 5.32 Å². The summed E-state index contributed by atoms with van der Waals surface area (Å²) in [5.74, 6) is -0.562. The van der Waals surface area contributed by atoms with Gasteiger partial charge in [0, 0.05) is 34.1 Å². The molecule has 0 spiro atoms. The zero-order chi connectivity index (χ0) is 28.1. The van der Waals surface area contributed by atoms with Crippen molar-refractivity contribution in [1.29, 1.82) is 5.26 Å². The summed E-state index contributed by atoms with van der Waals surface area (Å²) in [4.78, 5) is 24.0. The maximum absolute atomic E-state index is 13.1. The summed E-state index contributed by atoms with van der Waals surface area (Å²) in [7, 11) is 0. The third-order valence-corrected chi connectivity index (χ3v) is 6.48. The van der Waals surface area contributed by atoms with E-state index in [4.69, 9.17) is 11.6 Å². The Bertz CT molecular complexity index is 1750. The number of nitro groups is 1. The van der Waals surface area contributed by atoms with Crippen LogP contribution in [0.4, 0.5) is 11.4 Å². The van der Waals surface area contributed by atoms with Crippen molar-refractivity contribution < 1.29 is 9.72 Å². The number of nitro benzene ring substituents is 1. The number of carbonyl (C=O) groups is 1. The summed E-state index contributed by atoms with van der Waals surface area (Å²) in [6.07, 6.45) is 1.56. The van der Waals surface area contributed by atoms with E-state index in [0.717, 1.165) is 22.5 Å². The van der Waals surface area contributed by atoms with Crippen molar-refractivity contribution >= 4 is 35.0 Å². The van der Waals surface area contributed by atoms with Crippen LogP contribution in [0.2, 0.25) is 5.02 Å². The van der Waals surface area contributed by atoms with Crippen molar-refractivity contribution in [1.82, 2.24) is 4.57 Å². The fraction of sp³-hybridized carbons (Fsp3) is 0. The molecule has 1 heterocycles. The van der Waals surface area contributed by atoms with Gasteiger partial charge in [-0.1, -0.05) is 72.3 Å². The third kappa shape index (κ3) is 5.53. The zero-order valence-electron chi connectivity index (χ0n) is 21.0. The number of nitrogens with zero attached hydrogens (tertiary/aromatic N) is 3. The number of halogens is 1. The number of nitriles is 1. The predicted molar refractivity (Wildman–Crippen MR) is 157 cm³/mol. The van der Waals surface area contributed by atoms with Crippen molar-refractivity contribution in [3.05, 3.63) is 142 Å². The number of aromatic nitrogens is 1. The van der Waals surface area contributed by atoms with Gasteiger partial charge in [-0.2, -0.15) is 5.26 Å². The minimum Gasteiger partial charge on any atom is -0.321 e. The zero-order valence-corrected chi connectivity index (χ0v) is 21.7. The van der Waals surface area contributed by atoms with Crippen LogP contribution in [0.3, 0.4) is 0 Å². The van der Waals surface area contributed by atoms with Crippen LogP contribution in [-0.2, 0) is 4.79 Å². The van der Waals surface area contributed by atoms with E-state index >= 15 is 0 Å². The summed E-state index contributed by atoms with van der Waals surface area (Å²) in [5.41, 5.74) is 4.95. The Hall–Kier alpha value is -5.45. The molecule has 0 aliphatic rings. The van der Waals surface area contributed by atoms with Gasteiger partial charge in [-0.15, -0.1) is 0 Å². The van der Waals surface area contributed by atoms with Crippen LogP contribution in [0.25, 0.3) is 34.3 Å². The van der Waals surface area contributed by atoms with Crippen LogP contribution in [0.1, 0.15) is 5.56 Å². The summed E-state index contributed by atoms with van der Waals surface area (Å²) in [5, 5.41) is 24.5. The van der Waals surface area contributed by atoms with E-state index < -0.39 is 10.8 Å². The van der Waals surface area contributed by atoms with Gasteiger partial charge in [0.25, 0.3) is 11.6 Å². The lowest BCUT2D eigenvalue weighted by atomic mass is 10.0. The number of rotatable bonds is 7. The van der Waals surface area contributed by atoms with Gasteiger partial charge in [-0.05, 0) is 59.7 Å². The van der Waals surface area contributed by atoms with Crippen molar-refractivity contribution in [3.63, 3.8) is 0 Å². The number of hydrogen-bond donors (Lipinski definition) is 1. The van der Waals surface area contributed by atoms with Crippen LogP contribution in [0, 0.1) is 21.4 Å². The van der Waals surface area contributed by atoms with Gasteiger partial charge < -0.3 is 9.88 Å². The molecule has 4 aromatic carbocycles. The molecule has 194 valence electrons. The molecule has 0 aliphatic heterocycles. The molecule has 0 saturated heterocycles. The van der Waals surface area contributed by atoms with Gasteiger partial charge in [0.05, 0.1) is 16.3 Å². The second kappa shape index (κ2) is 11.5. The second-order valence-corrected chi connectivity index (χ2v) is 9.24. The molecule has 5 rings (SSSR count). The molecule has 0 bridgehead atoms. The van der Waals surface area contributed by atoms with E-state index in [1.807, 2.05) is 77.4 Å². The molecule has 0 aliphatic carbocycles. The van der Waals surface area contributed by atoms with E-state index in [9.17, 15) is 20.2 Å². The first-order valence-electron chi connectivity index (χ1n) is 12.2. The number of anilines is 1. The van der Waals surface area contributed by atoms with E-state index in [-0.39, 0.29) is 11.3 Å². The highest BCUT2D eigenvalue weighted by Gasteiger charge is 2.21. The summed E-state index contributed by atoms with van der Waals surface area (Å²) in [6.45, 7) is 0. The van der Waals surface area contributed by atoms with Gasteiger partial charge in [0.2, 0.25) is 0 Å². The molecule has 0 unspecified atom stereocenters. The molecule has 7 nitrogen and oxygen atoms in total. The predicted octanol–water partition coefficient (Wildman–Crippen LogP) is 7.92. The molecule has 8 heteroatoms. The standard InChI is InChI=1S/C32H21ClN4O3/c33-26-11-13-27(14-12-26)35-32(38)25(21-34)19-24-20-30(22-7-3-1-4-8-22)36(31(24)23-9-5-2-6-10-23)28-15-17-29(18-16-28)37(39)40/h1-20H,(H,35,38)/b25-19+. The number of amides is 1. The highest BCUT2D eigenvalue weighted by atomic mass is 35.5. The van der Waals surface area contributed by atoms with Gasteiger partial charge in [0.1, 0.15) is 11.6 Å². The molecule has 1 aromatic heterocycles. The first-order chi connectivity index (χ1) is 19.4. The first-order valence-corrected chi connectivity index (χ1v) is 12.6. The van der Waals surface area contributed by atoms with Gasteiger partial charge in [0.15, 0.2) is 0 Å². The van der Waals surface area contributed by atoms with E-state index in [1.54, 1.807) is 42.5 Å². The fourth-order valence-corrected chi connectivity index (χ4v) is 4.51. The molecule has 40 heavy (non-hydrogen) atoms. The highest BCUT2D eigenvalue weighted by Crippen LogP contribution is 2.37.